The fourth-order valence-electron chi connectivity index (χ4n) is 3.15. The van der Waals surface area contributed by atoms with E-state index in [0.29, 0.717) is 5.95 Å². The predicted molar refractivity (Wildman–Crippen MR) is 96.5 cm³/mol. The van der Waals surface area contributed by atoms with Gasteiger partial charge >= 0.3 is 0 Å². The quantitative estimate of drug-likeness (QED) is 0.770. The SMILES string of the molecule is CCc1ccc(NC(=O)C[C@H]2C(=O)Nc3nc4ccccc4n32)cc1. The van der Waals surface area contributed by atoms with E-state index >= 15 is 0 Å². The number of aromatic nitrogens is 2. The Balaban J connectivity index is 1.54. The smallest absolute Gasteiger partial charge is 0.250 e. The summed E-state index contributed by atoms with van der Waals surface area (Å²) in [5.74, 6) is 0.0936. The van der Waals surface area contributed by atoms with E-state index in [1.807, 2.05) is 48.5 Å². The van der Waals surface area contributed by atoms with Crippen LogP contribution in [0.4, 0.5) is 11.6 Å². The van der Waals surface area contributed by atoms with Crippen molar-refractivity contribution >= 4 is 34.5 Å². The number of benzene rings is 2. The summed E-state index contributed by atoms with van der Waals surface area (Å²) in [4.78, 5) is 29.1. The van der Waals surface area contributed by atoms with Crippen molar-refractivity contribution in [3.05, 3.63) is 54.1 Å². The fourth-order valence-corrected chi connectivity index (χ4v) is 3.15. The summed E-state index contributed by atoms with van der Waals surface area (Å²) in [5.41, 5.74) is 3.60. The number of rotatable bonds is 4. The first-order chi connectivity index (χ1) is 12.2. The molecule has 0 aliphatic carbocycles. The molecule has 126 valence electrons. The highest BCUT2D eigenvalue weighted by Gasteiger charge is 2.34. The van der Waals surface area contributed by atoms with Gasteiger partial charge in [0.1, 0.15) is 6.04 Å². The van der Waals surface area contributed by atoms with E-state index in [9.17, 15) is 9.59 Å². The molecule has 6 nitrogen and oxygen atoms in total. The summed E-state index contributed by atoms with van der Waals surface area (Å²) in [7, 11) is 0. The number of fused-ring (bicyclic) bond motifs is 3. The Hall–Kier alpha value is -3.15. The number of hydrogen-bond acceptors (Lipinski definition) is 3. The van der Waals surface area contributed by atoms with Crippen LogP contribution >= 0.6 is 0 Å². The maximum absolute atomic E-state index is 12.4. The summed E-state index contributed by atoms with van der Waals surface area (Å²) >= 11 is 0. The monoisotopic (exact) mass is 334 g/mol. The van der Waals surface area contributed by atoms with Crippen LogP contribution in [0.15, 0.2) is 48.5 Å². The zero-order chi connectivity index (χ0) is 17.4. The summed E-state index contributed by atoms with van der Waals surface area (Å²) in [6.45, 7) is 2.08. The molecule has 6 heteroatoms. The summed E-state index contributed by atoms with van der Waals surface area (Å²) in [5, 5.41) is 5.61. The highest BCUT2D eigenvalue weighted by molar-refractivity contribution is 6.03. The minimum absolute atomic E-state index is 0.0642. The minimum atomic E-state index is -0.586. The van der Waals surface area contributed by atoms with Gasteiger partial charge in [-0.1, -0.05) is 31.2 Å². The lowest BCUT2D eigenvalue weighted by Crippen LogP contribution is -2.23. The molecule has 1 aliphatic heterocycles. The van der Waals surface area contributed by atoms with Crippen LogP contribution in [0.25, 0.3) is 11.0 Å². The molecule has 0 saturated heterocycles. The van der Waals surface area contributed by atoms with Crippen molar-refractivity contribution in [2.45, 2.75) is 25.8 Å². The number of carbonyl (C=O) groups is 2. The van der Waals surface area contributed by atoms with Gasteiger partial charge in [-0.3, -0.25) is 19.5 Å². The molecular weight excluding hydrogens is 316 g/mol. The number of aryl methyl sites for hydroxylation is 1. The third-order valence-electron chi connectivity index (χ3n) is 4.47. The van der Waals surface area contributed by atoms with Crippen LogP contribution in [0, 0.1) is 0 Å². The standard InChI is InChI=1S/C19H18N4O2/c1-2-12-7-9-13(10-8-12)20-17(24)11-16-18(25)22-19-21-14-5-3-4-6-15(14)23(16)19/h3-10,16H,2,11H2,1H3,(H,20,24)(H,21,22,25)/t16-/m0/s1. The Bertz CT molecular complexity index is 959. The first-order valence-corrected chi connectivity index (χ1v) is 8.32. The molecular formula is C19H18N4O2. The topological polar surface area (TPSA) is 76.0 Å². The van der Waals surface area contributed by atoms with Crippen LogP contribution in [0.2, 0.25) is 0 Å². The van der Waals surface area contributed by atoms with E-state index in [1.165, 1.54) is 5.56 Å². The molecule has 0 radical (unpaired) electrons. The normalized spacial score (nSPS) is 15.9. The van der Waals surface area contributed by atoms with Crippen molar-refractivity contribution in [1.82, 2.24) is 9.55 Å². The van der Waals surface area contributed by atoms with Crippen molar-refractivity contribution in [1.29, 1.82) is 0 Å². The molecule has 0 bridgehead atoms. The van der Waals surface area contributed by atoms with E-state index in [2.05, 4.69) is 22.5 Å². The Labute approximate surface area is 144 Å². The first kappa shape index (κ1) is 15.4. The van der Waals surface area contributed by atoms with Crippen molar-refractivity contribution in [3.63, 3.8) is 0 Å². The molecule has 2 N–H and O–H groups in total. The molecule has 2 aromatic carbocycles. The van der Waals surface area contributed by atoms with E-state index in [4.69, 9.17) is 0 Å². The van der Waals surface area contributed by atoms with Gasteiger partial charge in [0.05, 0.1) is 17.5 Å². The first-order valence-electron chi connectivity index (χ1n) is 8.32. The van der Waals surface area contributed by atoms with Gasteiger partial charge in [0.2, 0.25) is 17.8 Å². The van der Waals surface area contributed by atoms with Crippen LogP contribution in [0.3, 0.4) is 0 Å². The Kier molecular flexibility index (Phi) is 3.72. The van der Waals surface area contributed by atoms with Gasteiger partial charge in [0.15, 0.2) is 0 Å². The van der Waals surface area contributed by atoms with Crippen LogP contribution in [-0.2, 0) is 16.0 Å². The van der Waals surface area contributed by atoms with E-state index in [1.54, 1.807) is 4.57 Å². The maximum atomic E-state index is 12.4. The molecule has 3 aromatic rings. The van der Waals surface area contributed by atoms with Gasteiger partial charge in [0.25, 0.3) is 0 Å². The lowest BCUT2D eigenvalue weighted by Gasteiger charge is -2.12. The van der Waals surface area contributed by atoms with Gasteiger partial charge < -0.3 is 5.32 Å². The molecule has 1 aromatic heterocycles. The minimum Gasteiger partial charge on any atom is -0.326 e. The average molecular weight is 334 g/mol. The van der Waals surface area contributed by atoms with Crippen molar-refractivity contribution in [3.8, 4) is 0 Å². The Morgan fingerprint density at radius 3 is 2.72 bits per heavy atom. The van der Waals surface area contributed by atoms with Crippen molar-refractivity contribution in [2.24, 2.45) is 0 Å². The highest BCUT2D eigenvalue weighted by atomic mass is 16.2. The van der Waals surface area contributed by atoms with E-state index in [0.717, 1.165) is 23.1 Å². The maximum Gasteiger partial charge on any atom is 0.250 e. The van der Waals surface area contributed by atoms with Crippen LogP contribution in [0.5, 0.6) is 0 Å². The van der Waals surface area contributed by atoms with Crippen molar-refractivity contribution < 1.29 is 9.59 Å². The van der Waals surface area contributed by atoms with Crippen LogP contribution in [0.1, 0.15) is 24.9 Å². The molecule has 4 rings (SSSR count). The summed E-state index contributed by atoms with van der Waals surface area (Å²) in [6.07, 6.45) is 1.02. The molecule has 0 unspecified atom stereocenters. The second kappa shape index (κ2) is 6.05. The number of anilines is 2. The third kappa shape index (κ3) is 2.76. The lowest BCUT2D eigenvalue weighted by molar-refractivity contribution is -0.123. The fraction of sp³-hybridized carbons (Fsp3) is 0.211. The van der Waals surface area contributed by atoms with E-state index < -0.39 is 6.04 Å². The number of para-hydroxylation sites is 2. The van der Waals surface area contributed by atoms with Crippen molar-refractivity contribution in [2.75, 3.05) is 10.6 Å². The largest absolute Gasteiger partial charge is 0.326 e. The molecule has 0 fully saturated rings. The molecule has 0 saturated carbocycles. The number of nitrogens with one attached hydrogen (secondary N) is 2. The van der Waals surface area contributed by atoms with Gasteiger partial charge in [0, 0.05) is 5.69 Å². The van der Waals surface area contributed by atoms with Gasteiger partial charge in [-0.25, -0.2) is 4.98 Å². The Morgan fingerprint density at radius 2 is 1.96 bits per heavy atom. The zero-order valence-electron chi connectivity index (χ0n) is 13.8. The Morgan fingerprint density at radius 1 is 1.20 bits per heavy atom. The van der Waals surface area contributed by atoms with Gasteiger partial charge in [-0.15, -0.1) is 0 Å². The second-order valence-electron chi connectivity index (χ2n) is 6.10. The second-order valence-corrected chi connectivity index (χ2v) is 6.10. The average Bonchev–Trinajstić information content (AvgIpc) is 3.11. The number of hydrogen-bond donors (Lipinski definition) is 2. The highest BCUT2D eigenvalue weighted by Crippen LogP contribution is 2.32. The zero-order valence-corrected chi connectivity index (χ0v) is 13.8. The number of nitrogens with zero attached hydrogens (tertiary/aromatic N) is 2. The molecule has 1 aliphatic rings. The van der Waals surface area contributed by atoms with Gasteiger partial charge in [-0.2, -0.15) is 0 Å². The predicted octanol–water partition coefficient (Wildman–Crippen LogP) is 3.12. The summed E-state index contributed by atoms with van der Waals surface area (Å²) in [6, 6.07) is 14.7. The van der Waals surface area contributed by atoms with E-state index in [-0.39, 0.29) is 18.2 Å². The summed E-state index contributed by atoms with van der Waals surface area (Å²) < 4.78 is 1.80. The lowest BCUT2D eigenvalue weighted by atomic mass is 10.1. The number of amides is 2. The number of imidazole rings is 1. The third-order valence-corrected chi connectivity index (χ3v) is 4.47. The molecule has 2 amide bonds. The van der Waals surface area contributed by atoms with Gasteiger partial charge in [-0.05, 0) is 36.2 Å². The molecule has 0 spiro atoms. The van der Waals surface area contributed by atoms with Crippen LogP contribution in [-0.4, -0.2) is 21.4 Å². The molecule has 25 heavy (non-hydrogen) atoms. The molecule has 2 heterocycles. The molecule has 1 atom stereocenters. The number of carbonyl (C=O) groups excluding carboxylic acids is 2. The van der Waals surface area contributed by atoms with Crippen LogP contribution < -0.4 is 10.6 Å².